The fraction of sp³-hybridized carbons (Fsp3) is 0.303. The summed E-state index contributed by atoms with van der Waals surface area (Å²) in [6.45, 7) is 15.9. The molecule has 2 nitrogen and oxygen atoms in total. The van der Waals surface area contributed by atoms with Gasteiger partial charge in [-0.25, -0.2) is 4.57 Å². The van der Waals surface area contributed by atoms with Gasteiger partial charge in [-0.1, -0.05) is 76.6 Å². The minimum atomic E-state index is -0.0742. The standard InChI is InChI=1S/C33H34NO/c1-18(2)21-10-9-11-22-23-14-15-34(8)31-28-20(4)25-16-19(3)12-13-24(25)30(33(5,6)7)32(28)35-27(29(23)31)17-26(21)22/h9-18H,1-8H3/q+1. The highest BCUT2D eigenvalue weighted by Gasteiger charge is 2.36. The van der Waals surface area contributed by atoms with Crippen LogP contribution in [0.2, 0.25) is 0 Å². The van der Waals surface area contributed by atoms with E-state index in [0.717, 1.165) is 11.5 Å². The molecule has 1 aliphatic heterocycles. The molecule has 0 bridgehead atoms. The van der Waals surface area contributed by atoms with E-state index < -0.39 is 0 Å². The number of benzene rings is 4. The van der Waals surface area contributed by atoms with Crippen molar-refractivity contribution in [1.29, 1.82) is 0 Å². The molecule has 1 aromatic heterocycles. The topological polar surface area (TPSA) is 13.1 Å². The molecule has 0 fully saturated rings. The summed E-state index contributed by atoms with van der Waals surface area (Å²) in [5.74, 6) is 2.43. The van der Waals surface area contributed by atoms with Crippen LogP contribution in [0.5, 0.6) is 11.5 Å². The summed E-state index contributed by atoms with van der Waals surface area (Å²) in [7, 11) is 2.17. The summed E-state index contributed by atoms with van der Waals surface area (Å²) in [5.41, 5.74) is 7.63. The molecule has 0 atom stereocenters. The SMILES string of the molecule is Cc1ccc2c(C(C)(C)C)c3c(c(C)c2c1)-c1c2c(cc4c(C(C)C)cccc4c2cc[n+]1C)O3. The smallest absolute Gasteiger partial charge is 0.228 e. The molecule has 1 aliphatic rings. The number of ether oxygens (including phenoxy) is 1. The van der Waals surface area contributed by atoms with Gasteiger partial charge in [0.2, 0.25) is 5.69 Å². The average Bonchev–Trinajstić information content (AvgIpc) is 2.79. The quantitative estimate of drug-likeness (QED) is 0.176. The lowest BCUT2D eigenvalue weighted by atomic mass is 9.78. The molecule has 4 aromatic carbocycles. The molecule has 0 saturated carbocycles. The van der Waals surface area contributed by atoms with E-state index in [-0.39, 0.29) is 5.41 Å². The van der Waals surface area contributed by atoms with Gasteiger partial charge in [0.25, 0.3) is 0 Å². The molecule has 2 heterocycles. The van der Waals surface area contributed by atoms with Crippen LogP contribution in [-0.2, 0) is 12.5 Å². The van der Waals surface area contributed by atoms with Crippen molar-refractivity contribution in [3.8, 4) is 22.8 Å². The molecule has 0 radical (unpaired) electrons. The van der Waals surface area contributed by atoms with Crippen LogP contribution in [0.3, 0.4) is 0 Å². The minimum absolute atomic E-state index is 0.0742. The lowest BCUT2D eigenvalue weighted by Crippen LogP contribution is -2.32. The molecule has 0 N–H and O–H groups in total. The van der Waals surface area contributed by atoms with Crippen molar-refractivity contribution < 1.29 is 9.30 Å². The second kappa shape index (κ2) is 7.31. The number of nitrogens with zero attached hydrogens (tertiary/aromatic N) is 1. The van der Waals surface area contributed by atoms with Gasteiger partial charge in [0, 0.05) is 17.0 Å². The van der Waals surface area contributed by atoms with Crippen molar-refractivity contribution >= 4 is 32.3 Å². The first-order valence-corrected chi connectivity index (χ1v) is 12.7. The van der Waals surface area contributed by atoms with Gasteiger partial charge in [0.05, 0.1) is 10.9 Å². The number of hydrogen-bond acceptors (Lipinski definition) is 1. The molecule has 0 amide bonds. The maximum Gasteiger partial charge on any atom is 0.228 e. The molecule has 2 heteroatoms. The Balaban J connectivity index is 1.86. The predicted molar refractivity (Wildman–Crippen MR) is 148 cm³/mol. The van der Waals surface area contributed by atoms with Crippen LogP contribution in [0.25, 0.3) is 43.6 Å². The number of aromatic nitrogens is 1. The molecule has 6 rings (SSSR count). The third-order valence-electron chi connectivity index (χ3n) is 7.77. The van der Waals surface area contributed by atoms with Crippen molar-refractivity contribution in [3.05, 3.63) is 77.0 Å². The number of hydrogen-bond donors (Lipinski definition) is 0. The van der Waals surface area contributed by atoms with Crippen LogP contribution in [0.15, 0.2) is 54.7 Å². The van der Waals surface area contributed by atoms with E-state index in [1.54, 1.807) is 0 Å². The van der Waals surface area contributed by atoms with Gasteiger partial charge in [0.1, 0.15) is 18.5 Å². The first-order chi connectivity index (χ1) is 16.6. The molecule has 0 unspecified atom stereocenters. The first kappa shape index (κ1) is 22.1. The van der Waals surface area contributed by atoms with Crippen molar-refractivity contribution in [2.75, 3.05) is 0 Å². The molecule has 0 saturated heterocycles. The van der Waals surface area contributed by atoms with Crippen LogP contribution < -0.4 is 9.30 Å². The summed E-state index contributed by atoms with van der Waals surface area (Å²) in [6, 6.07) is 18.1. The largest absolute Gasteiger partial charge is 0.455 e. The van der Waals surface area contributed by atoms with E-state index >= 15 is 0 Å². The zero-order chi connectivity index (χ0) is 24.8. The maximum absolute atomic E-state index is 7.01. The Morgan fingerprint density at radius 2 is 1.60 bits per heavy atom. The second-order valence-corrected chi connectivity index (χ2v) is 11.6. The van der Waals surface area contributed by atoms with Crippen molar-refractivity contribution in [1.82, 2.24) is 0 Å². The monoisotopic (exact) mass is 460 g/mol. The highest BCUT2D eigenvalue weighted by molar-refractivity contribution is 6.17. The Bertz CT molecular complexity index is 1700. The molecule has 0 spiro atoms. The molecule has 176 valence electrons. The van der Waals surface area contributed by atoms with Crippen LogP contribution in [0, 0.1) is 13.8 Å². The van der Waals surface area contributed by atoms with Gasteiger partial charge < -0.3 is 4.74 Å². The average molecular weight is 461 g/mol. The van der Waals surface area contributed by atoms with E-state index in [1.165, 1.54) is 65.8 Å². The van der Waals surface area contributed by atoms with Gasteiger partial charge in [-0.3, -0.25) is 0 Å². The lowest BCUT2D eigenvalue weighted by Gasteiger charge is -2.31. The van der Waals surface area contributed by atoms with Gasteiger partial charge in [-0.15, -0.1) is 0 Å². The summed E-state index contributed by atoms with van der Waals surface area (Å²) < 4.78 is 9.29. The first-order valence-electron chi connectivity index (χ1n) is 12.7. The van der Waals surface area contributed by atoms with Gasteiger partial charge >= 0.3 is 0 Å². The summed E-state index contributed by atoms with van der Waals surface area (Å²) >= 11 is 0. The van der Waals surface area contributed by atoms with E-state index in [1.807, 2.05) is 0 Å². The Kier molecular flexibility index (Phi) is 4.61. The Morgan fingerprint density at radius 1 is 0.829 bits per heavy atom. The number of aryl methyl sites for hydroxylation is 3. The highest BCUT2D eigenvalue weighted by atomic mass is 16.5. The number of rotatable bonds is 1. The van der Waals surface area contributed by atoms with Gasteiger partial charge in [-0.05, 0) is 63.9 Å². The van der Waals surface area contributed by atoms with Crippen LogP contribution in [0.4, 0.5) is 0 Å². The molecular formula is C33H34NO+. The number of fused-ring (bicyclic) bond motifs is 5. The van der Waals surface area contributed by atoms with Crippen molar-refractivity contribution in [3.63, 3.8) is 0 Å². The lowest BCUT2D eigenvalue weighted by molar-refractivity contribution is -0.659. The molecular weight excluding hydrogens is 426 g/mol. The summed E-state index contributed by atoms with van der Waals surface area (Å²) in [5, 5.41) is 7.68. The fourth-order valence-electron chi connectivity index (χ4n) is 6.17. The molecule has 35 heavy (non-hydrogen) atoms. The van der Waals surface area contributed by atoms with Gasteiger partial charge in [0.15, 0.2) is 6.20 Å². The van der Waals surface area contributed by atoms with E-state index in [2.05, 4.69) is 115 Å². The Hall–Kier alpha value is -3.39. The van der Waals surface area contributed by atoms with Gasteiger partial charge in [-0.2, -0.15) is 0 Å². The third-order valence-corrected chi connectivity index (χ3v) is 7.77. The van der Waals surface area contributed by atoms with E-state index in [4.69, 9.17) is 4.74 Å². The zero-order valence-electron chi connectivity index (χ0n) is 22.1. The third kappa shape index (κ3) is 3.05. The highest BCUT2D eigenvalue weighted by Crippen LogP contribution is 2.54. The molecule has 0 aliphatic carbocycles. The van der Waals surface area contributed by atoms with Crippen LogP contribution in [-0.4, -0.2) is 0 Å². The summed E-state index contributed by atoms with van der Waals surface area (Å²) in [4.78, 5) is 0. The Labute approximate surface area is 208 Å². The van der Waals surface area contributed by atoms with Crippen LogP contribution >= 0.6 is 0 Å². The maximum atomic E-state index is 7.01. The predicted octanol–water partition coefficient (Wildman–Crippen LogP) is 8.78. The van der Waals surface area contributed by atoms with Crippen molar-refractivity contribution in [2.24, 2.45) is 7.05 Å². The van der Waals surface area contributed by atoms with Crippen molar-refractivity contribution in [2.45, 2.75) is 59.8 Å². The molecule has 5 aromatic rings. The Morgan fingerprint density at radius 3 is 2.31 bits per heavy atom. The van der Waals surface area contributed by atoms with Crippen LogP contribution in [0.1, 0.15) is 62.8 Å². The fourth-order valence-corrected chi connectivity index (χ4v) is 6.17. The minimum Gasteiger partial charge on any atom is -0.455 e. The zero-order valence-corrected chi connectivity index (χ0v) is 22.1. The van der Waals surface area contributed by atoms with E-state index in [9.17, 15) is 0 Å². The second-order valence-electron chi connectivity index (χ2n) is 11.6. The van der Waals surface area contributed by atoms with E-state index in [0.29, 0.717) is 5.92 Å². The normalized spacial score (nSPS) is 13.1. The summed E-state index contributed by atoms with van der Waals surface area (Å²) in [6.07, 6.45) is 2.22. The number of pyridine rings is 1.